The molecular weight excluding hydrogens is 471 g/mol. The Kier molecular flexibility index (Phi) is 6.49. The molecule has 0 atom stereocenters. The summed E-state index contributed by atoms with van der Waals surface area (Å²) in [6, 6.07) is 5.48. The van der Waals surface area contributed by atoms with E-state index in [9.17, 15) is 28.7 Å². The van der Waals surface area contributed by atoms with Crippen molar-refractivity contribution in [3.05, 3.63) is 57.0 Å². The summed E-state index contributed by atoms with van der Waals surface area (Å²) in [7, 11) is 2.89. The lowest BCUT2D eigenvalue weighted by atomic mass is 9.77. The van der Waals surface area contributed by atoms with E-state index in [1.807, 2.05) is 0 Å². The van der Waals surface area contributed by atoms with Gasteiger partial charge in [-0.3, -0.25) is 23.7 Å². The van der Waals surface area contributed by atoms with Crippen LogP contribution in [0.15, 0.2) is 23.0 Å². The van der Waals surface area contributed by atoms with Gasteiger partial charge in [-0.2, -0.15) is 5.26 Å². The number of benzene rings is 1. The van der Waals surface area contributed by atoms with Crippen molar-refractivity contribution in [3.8, 4) is 11.8 Å². The van der Waals surface area contributed by atoms with Crippen LogP contribution in [0.4, 0.5) is 4.39 Å². The van der Waals surface area contributed by atoms with Crippen molar-refractivity contribution in [3.63, 3.8) is 0 Å². The van der Waals surface area contributed by atoms with Gasteiger partial charge < -0.3 is 20.6 Å². The van der Waals surface area contributed by atoms with Gasteiger partial charge in [0, 0.05) is 27.2 Å². The van der Waals surface area contributed by atoms with E-state index in [4.69, 9.17) is 5.26 Å². The molecular formula is C24H25FN6O5. The molecule has 5 rings (SSSR count). The van der Waals surface area contributed by atoms with Crippen LogP contribution in [0.2, 0.25) is 0 Å². The number of amides is 3. The average Bonchev–Trinajstić information content (AvgIpc) is 3.10. The fourth-order valence-corrected chi connectivity index (χ4v) is 4.76. The summed E-state index contributed by atoms with van der Waals surface area (Å²) in [6.45, 7) is 0.150. The number of hydrogen-bond donors (Lipinski definition) is 3. The average molecular weight is 496 g/mol. The molecule has 3 aliphatic rings. The maximum Gasteiger partial charge on any atom is 0.311 e. The monoisotopic (exact) mass is 496 g/mol. The minimum absolute atomic E-state index is 0.115. The van der Waals surface area contributed by atoms with Crippen molar-refractivity contribution < 1.29 is 23.9 Å². The minimum Gasteiger partial charge on any atom is -0.501 e. The van der Waals surface area contributed by atoms with Gasteiger partial charge in [0.25, 0.3) is 11.5 Å². The standard InChI is InChI=1S/C24H25FN6O5/c1-30(2)22(36)20(34)29-24-7-5-13(6-8-24)12-31-21(35)18(32)17(28-23(24)31)19(33)27-11-14-3-4-16(25)15(9-14)10-26/h3-4,9,13,32H,5-8,11-12H2,1-2H3,(H,27,33)(H,29,34). The molecule has 0 radical (unpaired) electrons. The third-order valence-corrected chi connectivity index (χ3v) is 6.75. The van der Waals surface area contributed by atoms with Gasteiger partial charge in [-0.05, 0) is 49.3 Å². The molecule has 0 saturated heterocycles. The van der Waals surface area contributed by atoms with Gasteiger partial charge in [0.15, 0.2) is 5.69 Å². The molecule has 2 bridgehead atoms. The van der Waals surface area contributed by atoms with Gasteiger partial charge in [0.2, 0.25) is 5.75 Å². The summed E-state index contributed by atoms with van der Waals surface area (Å²) in [4.78, 5) is 56.4. The molecule has 0 spiro atoms. The Hall–Kier alpha value is -4.27. The second kappa shape index (κ2) is 9.41. The first-order valence-corrected chi connectivity index (χ1v) is 11.4. The van der Waals surface area contributed by atoms with Crippen molar-refractivity contribution in [2.24, 2.45) is 5.92 Å². The lowest BCUT2D eigenvalue weighted by Gasteiger charge is -2.37. The molecule has 1 aromatic carbocycles. The number of carbonyl (C=O) groups excluding carboxylic acids is 3. The molecule has 3 amide bonds. The molecule has 1 aliphatic carbocycles. The van der Waals surface area contributed by atoms with E-state index < -0.39 is 46.1 Å². The number of aromatic nitrogens is 2. The van der Waals surface area contributed by atoms with Crippen LogP contribution in [0, 0.1) is 23.1 Å². The fourth-order valence-electron chi connectivity index (χ4n) is 4.76. The summed E-state index contributed by atoms with van der Waals surface area (Å²) in [5, 5.41) is 24.8. The lowest BCUT2D eigenvalue weighted by Crippen LogP contribution is -2.53. The van der Waals surface area contributed by atoms with Crippen molar-refractivity contribution in [1.29, 1.82) is 5.26 Å². The largest absolute Gasteiger partial charge is 0.501 e. The number of nitriles is 1. The molecule has 36 heavy (non-hydrogen) atoms. The van der Waals surface area contributed by atoms with Crippen LogP contribution in [-0.4, -0.2) is 51.4 Å². The van der Waals surface area contributed by atoms with Crippen molar-refractivity contribution in [2.45, 2.75) is 44.3 Å². The molecule has 2 aliphatic heterocycles. The number of hydrogen-bond acceptors (Lipinski definition) is 7. The number of fused-ring (bicyclic) bond motifs is 2. The van der Waals surface area contributed by atoms with Crippen LogP contribution in [-0.2, 0) is 28.2 Å². The molecule has 11 nitrogen and oxygen atoms in total. The first kappa shape index (κ1) is 24.8. The number of nitrogens with one attached hydrogen (secondary N) is 2. The van der Waals surface area contributed by atoms with Crippen molar-refractivity contribution in [1.82, 2.24) is 25.1 Å². The predicted molar refractivity (Wildman–Crippen MR) is 123 cm³/mol. The molecule has 12 heteroatoms. The summed E-state index contributed by atoms with van der Waals surface area (Å²) in [6.07, 6.45) is 2.14. The Morgan fingerprint density at radius 1 is 1.31 bits per heavy atom. The predicted octanol–water partition coefficient (Wildman–Crippen LogP) is 0.493. The second-order valence-corrected chi connectivity index (χ2v) is 9.34. The van der Waals surface area contributed by atoms with Crippen molar-refractivity contribution >= 4 is 17.7 Å². The number of carbonyl (C=O) groups is 3. The summed E-state index contributed by atoms with van der Waals surface area (Å²) in [5.74, 6) is -3.78. The zero-order valence-electron chi connectivity index (χ0n) is 19.8. The normalized spacial score (nSPS) is 20.0. The molecule has 1 aromatic heterocycles. The summed E-state index contributed by atoms with van der Waals surface area (Å²) < 4.78 is 14.8. The zero-order chi connectivity index (χ0) is 26.2. The van der Waals surface area contributed by atoms with E-state index in [-0.39, 0.29) is 30.4 Å². The van der Waals surface area contributed by atoms with Crippen LogP contribution >= 0.6 is 0 Å². The van der Waals surface area contributed by atoms with E-state index in [1.54, 1.807) is 6.07 Å². The van der Waals surface area contributed by atoms with Gasteiger partial charge in [0.1, 0.15) is 17.7 Å². The number of rotatable bonds is 4. The third-order valence-electron chi connectivity index (χ3n) is 6.75. The van der Waals surface area contributed by atoms with E-state index in [0.29, 0.717) is 31.2 Å². The first-order chi connectivity index (χ1) is 17.1. The van der Waals surface area contributed by atoms with Crippen LogP contribution in [0.5, 0.6) is 5.75 Å². The van der Waals surface area contributed by atoms with Gasteiger partial charge in [0.05, 0.1) is 11.1 Å². The Bertz CT molecular complexity index is 1350. The quantitative estimate of drug-likeness (QED) is 0.520. The highest BCUT2D eigenvalue weighted by Crippen LogP contribution is 2.42. The van der Waals surface area contributed by atoms with Gasteiger partial charge in [-0.25, -0.2) is 9.37 Å². The van der Waals surface area contributed by atoms with Crippen LogP contribution < -0.4 is 16.2 Å². The van der Waals surface area contributed by atoms with Crippen LogP contribution in [0.25, 0.3) is 0 Å². The second-order valence-electron chi connectivity index (χ2n) is 9.34. The Labute approximate surface area is 205 Å². The topological polar surface area (TPSA) is 157 Å². The minimum atomic E-state index is -1.16. The maximum absolute atomic E-state index is 13.6. The SMILES string of the molecule is CN(C)C(=O)C(=O)NC12CCC(CC1)Cn1c2nc(C(=O)NCc2ccc(F)c(C#N)c2)c(O)c1=O. The Morgan fingerprint density at radius 2 is 2.00 bits per heavy atom. The molecule has 1 fully saturated rings. The number of halogens is 1. The Morgan fingerprint density at radius 3 is 2.64 bits per heavy atom. The number of aromatic hydroxyl groups is 1. The molecule has 3 heterocycles. The summed E-state index contributed by atoms with van der Waals surface area (Å²) in [5.41, 5.74) is -2.25. The molecule has 1 saturated carbocycles. The van der Waals surface area contributed by atoms with E-state index in [1.165, 1.54) is 30.8 Å². The maximum atomic E-state index is 13.6. The lowest BCUT2D eigenvalue weighted by molar-refractivity contribution is -0.145. The number of nitrogens with zero attached hydrogens (tertiary/aromatic N) is 4. The Balaban J connectivity index is 1.69. The first-order valence-electron chi connectivity index (χ1n) is 11.4. The van der Waals surface area contributed by atoms with Crippen LogP contribution in [0.3, 0.4) is 0 Å². The van der Waals surface area contributed by atoms with Gasteiger partial charge >= 0.3 is 11.8 Å². The number of likely N-dealkylation sites (N-methyl/N-ethyl adjacent to an activating group) is 1. The van der Waals surface area contributed by atoms with Crippen LogP contribution in [0.1, 0.15) is 53.1 Å². The van der Waals surface area contributed by atoms with Gasteiger partial charge in [-0.1, -0.05) is 6.07 Å². The smallest absolute Gasteiger partial charge is 0.311 e. The van der Waals surface area contributed by atoms with E-state index in [2.05, 4.69) is 15.6 Å². The van der Waals surface area contributed by atoms with E-state index >= 15 is 0 Å². The molecule has 188 valence electrons. The van der Waals surface area contributed by atoms with Gasteiger partial charge in [-0.15, -0.1) is 0 Å². The zero-order valence-corrected chi connectivity index (χ0v) is 19.8. The highest BCUT2D eigenvalue weighted by Gasteiger charge is 2.46. The third kappa shape index (κ3) is 4.39. The summed E-state index contributed by atoms with van der Waals surface area (Å²) >= 11 is 0. The van der Waals surface area contributed by atoms with E-state index in [0.717, 1.165) is 11.0 Å². The molecule has 2 aromatic rings. The van der Waals surface area contributed by atoms with Crippen molar-refractivity contribution in [2.75, 3.05) is 14.1 Å². The highest BCUT2D eigenvalue weighted by atomic mass is 19.1. The highest BCUT2D eigenvalue weighted by molar-refractivity contribution is 6.35. The molecule has 3 N–H and O–H groups in total. The molecule has 0 unspecified atom stereocenters. The fraction of sp³-hybridized carbons (Fsp3) is 0.417.